The van der Waals surface area contributed by atoms with Gasteiger partial charge in [0.25, 0.3) is 11.5 Å². The zero-order valence-corrected chi connectivity index (χ0v) is 13.5. The van der Waals surface area contributed by atoms with Crippen LogP contribution in [0.25, 0.3) is 0 Å². The van der Waals surface area contributed by atoms with Crippen LogP contribution in [-0.2, 0) is 4.79 Å². The van der Waals surface area contributed by atoms with Gasteiger partial charge in [-0.3, -0.25) is 19.4 Å². The van der Waals surface area contributed by atoms with Crippen molar-refractivity contribution in [1.82, 2.24) is 20.2 Å². The van der Waals surface area contributed by atoms with Gasteiger partial charge < -0.3 is 15.2 Å². The highest BCUT2D eigenvalue weighted by molar-refractivity contribution is 5.94. The Hall–Kier alpha value is -2.38. The van der Waals surface area contributed by atoms with Gasteiger partial charge in [0.1, 0.15) is 5.56 Å². The van der Waals surface area contributed by atoms with Crippen LogP contribution in [0.5, 0.6) is 0 Å². The Labute approximate surface area is 138 Å². The second-order valence-corrected chi connectivity index (χ2v) is 6.55. The van der Waals surface area contributed by atoms with E-state index in [9.17, 15) is 19.2 Å². The van der Waals surface area contributed by atoms with Gasteiger partial charge in [-0.2, -0.15) is 0 Å². The Morgan fingerprint density at radius 1 is 1.12 bits per heavy atom. The van der Waals surface area contributed by atoms with Crippen molar-refractivity contribution in [1.29, 1.82) is 0 Å². The highest BCUT2D eigenvalue weighted by Gasteiger charge is 2.35. The molecule has 2 heterocycles. The van der Waals surface area contributed by atoms with Gasteiger partial charge in [0.05, 0.1) is 6.04 Å². The van der Waals surface area contributed by atoms with Crippen LogP contribution in [-0.4, -0.2) is 45.3 Å². The number of carbonyl (C=O) groups is 2. The molecule has 1 saturated heterocycles. The van der Waals surface area contributed by atoms with Crippen molar-refractivity contribution in [3.63, 3.8) is 0 Å². The molecule has 8 nitrogen and oxygen atoms in total. The predicted octanol–water partition coefficient (Wildman–Crippen LogP) is 0.117. The van der Waals surface area contributed by atoms with Crippen molar-refractivity contribution in [2.75, 3.05) is 6.54 Å². The molecule has 1 unspecified atom stereocenters. The van der Waals surface area contributed by atoms with E-state index in [0.717, 1.165) is 31.9 Å². The number of carbonyl (C=O) groups excluding carboxylic acids is 2. The topological polar surface area (TPSA) is 115 Å². The molecule has 1 saturated carbocycles. The zero-order valence-electron chi connectivity index (χ0n) is 13.5. The lowest BCUT2D eigenvalue weighted by atomic mass is 10.1. The summed E-state index contributed by atoms with van der Waals surface area (Å²) in [6.07, 6.45) is 8.09. The number of amides is 2. The van der Waals surface area contributed by atoms with Gasteiger partial charge in [0, 0.05) is 25.2 Å². The fourth-order valence-electron chi connectivity index (χ4n) is 3.59. The fourth-order valence-corrected chi connectivity index (χ4v) is 3.59. The van der Waals surface area contributed by atoms with Crippen LogP contribution >= 0.6 is 0 Å². The minimum atomic E-state index is -0.735. The molecule has 0 spiro atoms. The molecule has 1 aromatic heterocycles. The quantitative estimate of drug-likeness (QED) is 0.681. The van der Waals surface area contributed by atoms with Crippen LogP contribution < -0.4 is 16.6 Å². The van der Waals surface area contributed by atoms with Crippen molar-refractivity contribution < 1.29 is 9.59 Å². The molecule has 0 aromatic carbocycles. The number of nitrogens with one attached hydrogen (secondary N) is 3. The summed E-state index contributed by atoms with van der Waals surface area (Å²) in [5.74, 6) is -0.518. The Bertz CT molecular complexity index is 730. The number of rotatable bonds is 3. The van der Waals surface area contributed by atoms with Gasteiger partial charge in [-0.05, 0) is 12.8 Å². The van der Waals surface area contributed by atoms with E-state index in [2.05, 4.69) is 10.3 Å². The molecule has 2 fully saturated rings. The van der Waals surface area contributed by atoms with E-state index < -0.39 is 17.2 Å². The number of likely N-dealkylation sites (tertiary alicyclic amines) is 1. The lowest BCUT2D eigenvalue weighted by molar-refractivity contribution is -0.129. The molecule has 1 aromatic rings. The van der Waals surface area contributed by atoms with Crippen LogP contribution in [0.4, 0.5) is 0 Å². The third-order valence-corrected chi connectivity index (χ3v) is 4.82. The average molecular weight is 334 g/mol. The summed E-state index contributed by atoms with van der Waals surface area (Å²) < 4.78 is 0. The van der Waals surface area contributed by atoms with E-state index in [0.29, 0.717) is 6.54 Å². The van der Waals surface area contributed by atoms with E-state index in [1.54, 1.807) is 0 Å². The number of nitrogens with zero attached hydrogens (tertiary/aromatic N) is 1. The molecule has 3 rings (SSSR count). The Morgan fingerprint density at radius 2 is 1.83 bits per heavy atom. The van der Waals surface area contributed by atoms with Gasteiger partial charge >= 0.3 is 5.69 Å². The summed E-state index contributed by atoms with van der Waals surface area (Å²) in [6.45, 7) is 0.483. The highest BCUT2D eigenvalue weighted by Crippen LogP contribution is 2.25. The van der Waals surface area contributed by atoms with Crippen molar-refractivity contribution in [3.8, 4) is 0 Å². The van der Waals surface area contributed by atoms with Gasteiger partial charge in [-0.15, -0.1) is 0 Å². The molecule has 130 valence electrons. The third-order valence-electron chi connectivity index (χ3n) is 4.82. The Morgan fingerprint density at radius 3 is 2.50 bits per heavy atom. The van der Waals surface area contributed by atoms with Crippen LogP contribution in [0.3, 0.4) is 0 Å². The molecular formula is C16H22N4O4. The maximum absolute atomic E-state index is 12.3. The molecule has 1 aliphatic carbocycles. The molecule has 24 heavy (non-hydrogen) atoms. The summed E-state index contributed by atoms with van der Waals surface area (Å²) in [4.78, 5) is 53.3. The predicted molar refractivity (Wildman–Crippen MR) is 86.8 cm³/mol. The van der Waals surface area contributed by atoms with Gasteiger partial charge in [-0.25, -0.2) is 4.79 Å². The minimum Gasteiger partial charge on any atom is -0.347 e. The summed E-state index contributed by atoms with van der Waals surface area (Å²) >= 11 is 0. The van der Waals surface area contributed by atoms with Crippen molar-refractivity contribution in [3.05, 3.63) is 32.6 Å². The summed E-state index contributed by atoms with van der Waals surface area (Å²) in [5, 5.41) is 2.73. The normalized spacial score (nSPS) is 22.4. The van der Waals surface area contributed by atoms with Crippen LogP contribution in [0.2, 0.25) is 0 Å². The number of H-pyrrole nitrogens is 2. The SMILES string of the molecule is O=C(NC1CC(=O)N(C2CCCCCC2)C1)c1c[nH]c(=O)[nH]c1=O. The smallest absolute Gasteiger partial charge is 0.325 e. The first-order valence-electron chi connectivity index (χ1n) is 8.47. The lowest BCUT2D eigenvalue weighted by Gasteiger charge is -2.27. The highest BCUT2D eigenvalue weighted by atomic mass is 16.2. The molecule has 8 heteroatoms. The molecular weight excluding hydrogens is 312 g/mol. The van der Waals surface area contributed by atoms with E-state index in [-0.39, 0.29) is 30.0 Å². The molecule has 0 bridgehead atoms. The van der Waals surface area contributed by atoms with Crippen LogP contribution in [0.15, 0.2) is 15.8 Å². The van der Waals surface area contributed by atoms with E-state index in [1.807, 2.05) is 9.88 Å². The van der Waals surface area contributed by atoms with E-state index >= 15 is 0 Å². The van der Waals surface area contributed by atoms with Gasteiger partial charge in [0.2, 0.25) is 5.91 Å². The van der Waals surface area contributed by atoms with Crippen LogP contribution in [0, 0.1) is 0 Å². The second-order valence-electron chi connectivity index (χ2n) is 6.55. The van der Waals surface area contributed by atoms with Gasteiger partial charge in [-0.1, -0.05) is 25.7 Å². The van der Waals surface area contributed by atoms with Crippen molar-refractivity contribution in [2.24, 2.45) is 0 Å². The number of hydrogen-bond acceptors (Lipinski definition) is 4. The second kappa shape index (κ2) is 7.02. The molecule has 0 radical (unpaired) electrons. The molecule has 1 atom stereocenters. The first-order chi connectivity index (χ1) is 11.5. The summed E-state index contributed by atoms with van der Waals surface area (Å²) in [5.41, 5.74) is -1.55. The minimum absolute atomic E-state index is 0.0579. The van der Waals surface area contributed by atoms with Crippen molar-refractivity contribution >= 4 is 11.8 Å². The first kappa shape index (κ1) is 16.5. The maximum Gasteiger partial charge on any atom is 0.325 e. The lowest BCUT2D eigenvalue weighted by Crippen LogP contribution is -2.42. The van der Waals surface area contributed by atoms with E-state index in [4.69, 9.17) is 0 Å². The van der Waals surface area contributed by atoms with E-state index in [1.165, 1.54) is 12.8 Å². The maximum atomic E-state index is 12.3. The Kier molecular flexibility index (Phi) is 4.82. The summed E-state index contributed by atoms with van der Waals surface area (Å²) in [7, 11) is 0. The largest absolute Gasteiger partial charge is 0.347 e. The number of hydrogen-bond donors (Lipinski definition) is 3. The molecule has 1 aliphatic heterocycles. The molecule has 2 aliphatic rings. The Balaban J connectivity index is 1.64. The monoisotopic (exact) mass is 334 g/mol. The number of aromatic amines is 2. The summed E-state index contributed by atoms with van der Waals surface area (Å²) in [6, 6.07) is -0.0435. The van der Waals surface area contributed by atoms with Gasteiger partial charge in [0.15, 0.2) is 0 Å². The third kappa shape index (κ3) is 3.58. The number of aromatic nitrogens is 2. The van der Waals surface area contributed by atoms with Crippen LogP contribution in [0.1, 0.15) is 55.3 Å². The first-order valence-corrected chi connectivity index (χ1v) is 8.47. The fraction of sp³-hybridized carbons (Fsp3) is 0.625. The molecule has 2 amide bonds. The zero-order chi connectivity index (χ0) is 17.1. The molecule has 3 N–H and O–H groups in total. The standard InChI is InChI=1S/C16H22N4O4/c21-13-7-10(9-20(13)11-5-3-1-2-4-6-11)18-14(22)12-8-17-16(24)19-15(12)23/h8,10-11H,1-7,9H2,(H,18,22)(H2,17,19,23,24). The van der Waals surface area contributed by atoms with Crippen molar-refractivity contribution in [2.45, 2.75) is 57.0 Å². The average Bonchev–Trinajstić information content (AvgIpc) is 2.74.